The first-order valence-electron chi connectivity index (χ1n) is 13.3. The fourth-order valence-electron chi connectivity index (χ4n) is 6.93. The molecule has 0 amide bonds. The number of hydrogen-bond donors (Lipinski definition) is 1. The van der Waals surface area contributed by atoms with Crippen molar-refractivity contribution in [2.24, 2.45) is 22.7 Å². The first-order valence-corrected chi connectivity index (χ1v) is 13.3. The van der Waals surface area contributed by atoms with E-state index >= 15 is 0 Å². The third-order valence-electron chi connectivity index (χ3n) is 8.92. The van der Waals surface area contributed by atoms with E-state index in [2.05, 4.69) is 0 Å². The zero-order chi connectivity index (χ0) is 24.6. The average Bonchev–Trinajstić information content (AvgIpc) is 3.59. The van der Waals surface area contributed by atoms with Crippen LogP contribution in [0.4, 0.5) is 0 Å². The number of ether oxygens (including phenoxy) is 4. The Kier molecular flexibility index (Phi) is 7.39. The molecule has 34 heavy (non-hydrogen) atoms. The van der Waals surface area contributed by atoms with Crippen LogP contribution >= 0.6 is 0 Å². The quantitative estimate of drug-likeness (QED) is 0.312. The van der Waals surface area contributed by atoms with E-state index in [1.807, 2.05) is 27.7 Å². The van der Waals surface area contributed by atoms with E-state index in [0.717, 1.165) is 38.5 Å². The molecular weight excluding hydrogens is 436 g/mol. The largest absolute Gasteiger partial charge is 0.462 e. The number of carbonyl (C=O) groups excluding carboxylic acids is 2. The van der Waals surface area contributed by atoms with E-state index in [-0.39, 0.29) is 30.3 Å². The van der Waals surface area contributed by atoms with Crippen molar-refractivity contribution in [2.75, 3.05) is 26.4 Å². The van der Waals surface area contributed by atoms with Gasteiger partial charge in [0.05, 0.1) is 36.3 Å². The lowest BCUT2D eigenvalue weighted by Crippen LogP contribution is -2.62. The minimum Gasteiger partial charge on any atom is -0.462 e. The molecule has 0 spiro atoms. The Labute approximate surface area is 204 Å². The average molecular weight is 481 g/mol. The molecule has 1 heterocycles. The predicted octanol–water partition coefficient (Wildman–Crippen LogP) is 4.18. The number of hydrogen-bond acceptors (Lipinski definition) is 7. The van der Waals surface area contributed by atoms with E-state index in [0.29, 0.717) is 50.9 Å². The highest BCUT2D eigenvalue weighted by Gasteiger charge is 2.60. The first-order chi connectivity index (χ1) is 16.0. The maximum absolute atomic E-state index is 13.4. The fraction of sp³-hybridized carbons (Fsp3) is 0.926. The molecule has 4 aliphatic carbocycles. The Morgan fingerprint density at radius 1 is 1.03 bits per heavy atom. The van der Waals surface area contributed by atoms with Gasteiger partial charge in [-0.15, -0.1) is 0 Å². The second kappa shape index (κ2) is 9.70. The van der Waals surface area contributed by atoms with Gasteiger partial charge in [-0.2, -0.15) is 0 Å². The topological polar surface area (TPSA) is 94.6 Å². The molecule has 0 radical (unpaired) electrons. The number of aliphatic hydroxyl groups excluding tert-OH is 1. The SMILES string of the molecule is CCC(C)(CCCC(C)(C)C(=O)OC12CC3CC(CC(OCCO)(C3)C1)C2)C(=O)OCC1CO1. The van der Waals surface area contributed by atoms with E-state index in [4.69, 9.17) is 18.9 Å². The van der Waals surface area contributed by atoms with Gasteiger partial charge in [0.2, 0.25) is 0 Å². The zero-order valence-electron chi connectivity index (χ0n) is 21.5. The van der Waals surface area contributed by atoms with Crippen LogP contribution in [-0.2, 0) is 28.5 Å². The molecule has 4 atom stereocenters. The van der Waals surface area contributed by atoms with Crippen LogP contribution in [-0.4, -0.2) is 60.8 Å². The summed E-state index contributed by atoms with van der Waals surface area (Å²) in [5, 5.41) is 9.29. The fourth-order valence-corrected chi connectivity index (χ4v) is 6.93. The number of carbonyl (C=O) groups is 2. The normalized spacial score (nSPS) is 35.6. The number of esters is 2. The van der Waals surface area contributed by atoms with Gasteiger partial charge in [0.15, 0.2) is 0 Å². The highest BCUT2D eigenvalue weighted by atomic mass is 16.6. The van der Waals surface area contributed by atoms with Crippen LogP contribution in [0.25, 0.3) is 0 Å². The summed E-state index contributed by atoms with van der Waals surface area (Å²) < 4.78 is 23.1. The van der Waals surface area contributed by atoms with Crippen molar-refractivity contribution in [3.8, 4) is 0 Å². The Hall–Kier alpha value is -1.18. The molecular formula is C27H44O7. The van der Waals surface area contributed by atoms with Crippen molar-refractivity contribution in [1.82, 2.24) is 0 Å². The molecule has 7 heteroatoms. The molecule has 0 aromatic carbocycles. The molecule has 5 fully saturated rings. The Bertz CT molecular complexity index is 744. The summed E-state index contributed by atoms with van der Waals surface area (Å²) >= 11 is 0. The summed E-state index contributed by atoms with van der Waals surface area (Å²) in [6, 6.07) is 0. The Balaban J connectivity index is 1.32. The molecule has 5 aliphatic rings. The zero-order valence-corrected chi connectivity index (χ0v) is 21.5. The van der Waals surface area contributed by atoms with Crippen LogP contribution in [0.3, 0.4) is 0 Å². The van der Waals surface area contributed by atoms with Crippen molar-refractivity contribution in [2.45, 2.75) is 109 Å². The van der Waals surface area contributed by atoms with Gasteiger partial charge in [-0.3, -0.25) is 9.59 Å². The van der Waals surface area contributed by atoms with Gasteiger partial charge in [-0.1, -0.05) is 13.3 Å². The van der Waals surface area contributed by atoms with Crippen LogP contribution in [0.15, 0.2) is 0 Å². The van der Waals surface area contributed by atoms with Gasteiger partial charge < -0.3 is 24.1 Å². The number of aliphatic hydroxyl groups is 1. The lowest BCUT2D eigenvalue weighted by Gasteiger charge is -2.61. The second-order valence-electron chi connectivity index (χ2n) is 12.5. The number of epoxide rings is 1. The van der Waals surface area contributed by atoms with Crippen LogP contribution in [0.5, 0.6) is 0 Å². The molecule has 5 rings (SSSR count). The van der Waals surface area contributed by atoms with Crippen LogP contribution in [0.1, 0.15) is 91.9 Å². The smallest absolute Gasteiger partial charge is 0.312 e. The third kappa shape index (κ3) is 5.62. The molecule has 1 aliphatic heterocycles. The second-order valence-corrected chi connectivity index (χ2v) is 12.5. The van der Waals surface area contributed by atoms with E-state index in [1.165, 1.54) is 6.42 Å². The molecule has 0 aromatic rings. The predicted molar refractivity (Wildman–Crippen MR) is 126 cm³/mol. The Morgan fingerprint density at radius 3 is 2.26 bits per heavy atom. The van der Waals surface area contributed by atoms with Crippen molar-refractivity contribution >= 4 is 11.9 Å². The van der Waals surface area contributed by atoms with Crippen molar-refractivity contribution in [3.05, 3.63) is 0 Å². The van der Waals surface area contributed by atoms with E-state index in [1.54, 1.807) is 0 Å². The highest BCUT2D eigenvalue weighted by Crippen LogP contribution is 2.60. The van der Waals surface area contributed by atoms with Gasteiger partial charge in [-0.25, -0.2) is 0 Å². The third-order valence-corrected chi connectivity index (χ3v) is 8.92. The van der Waals surface area contributed by atoms with Crippen molar-refractivity contribution in [1.29, 1.82) is 0 Å². The van der Waals surface area contributed by atoms with Gasteiger partial charge in [0.1, 0.15) is 18.3 Å². The minimum absolute atomic E-state index is 0.0233. The van der Waals surface area contributed by atoms with E-state index in [9.17, 15) is 14.7 Å². The summed E-state index contributed by atoms with van der Waals surface area (Å²) in [5.41, 5.74) is -1.85. The minimum atomic E-state index is -0.622. The molecule has 4 bridgehead atoms. The number of rotatable bonds is 13. The lowest BCUT2D eigenvalue weighted by atomic mass is 9.52. The van der Waals surface area contributed by atoms with Gasteiger partial charge >= 0.3 is 11.9 Å². The van der Waals surface area contributed by atoms with Crippen molar-refractivity contribution in [3.63, 3.8) is 0 Å². The van der Waals surface area contributed by atoms with Gasteiger partial charge in [-0.05, 0) is 84.0 Å². The monoisotopic (exact) mass is 480 g/mol. The lowest BCUT2D eigenvalue weighted by molar-refractivity contribution is -0.239. The Morgan fingerprint density at radius 2 is 1.68 bits per heavy atom. The van der Waals surface area contributed by atoms with Crippen LogP contribution in [0.2, 0.25) is 0 Å². The first kappa shape index (κ1) is 25.9. The van der Waals surface area contributed by atoms with E-state index < -0.39 is 16.4 Å². The maximum Gasteiger partial charge on any atom is 0.312 e. The summed E-state index contributed by atoms with van der Waals surface area (Å²) in [5.74, 6) is 0.757. The highest BCUT2D eigenvalue weighted by molar-refractivity contribution is 5.77. The molecule has 4 unspecified atom stereocenters. The standard InChI is InChI=1S/C27H44O7/c1-5-25(4,23(30)32-17-21-16-31-21)8-6-7-24(2,3)22(29)34-27-14-19-11-20(15-27)13-26(12-19,18-27)33-10-9-28/h19-21,28H,5-18H2,1-4H3. The van der Waals surface area contributed by atoms with Crippen LogP contribution in [0, 0.1) is 22.7 Å². The molecule has 194 valence electrons. The molecule has 7 nitrogen and oxygen atoms in total. The molecule has 1 N–H and O–H groups in total. The van der Waals surface area contributed by atoms with Crippen molar-refractivity contribution < 1.29 is 33.6 Å². The summed E-state index contributed by atoms with van der Waals surface area (Å²) in [6.07, 6.45) is 8.71. The summed E-state index contributed by atoms with van der Waals surface area (Å²) in [7, 11) is 0. The van der Waals surface area contributed by atoms with Crippen LogP contribution < -0.4 is 0 Å². The molecule has 1 saturated heterocycles. The molecule has 4 saturated carbocycles. The summed E-state index contributed by atoms with van der Waals surface area (Å²) in [4.78, 5) is 26.0. The summed E-state index contributed by atoms with van der Waals surface area (Å²) in [6.45, 7) is 9.26. The molecule has 0 aromatic heterocycles. The van der Waals surface area contributed by atoms with Gasteiger partial charge in [0, 0.05) is 6.42 Å². The maximum atomic E-state index is 13.4. The van der Waals surface area contributed by atoms with Gasteiger partial charge in [0.25, 0.3) is 0 Å².